The lowest BCUT2D eigenvalue weighted by atomic mass is 10.2. The van der Waals surface area contributed by atoms with E-state index in [1.165, 1.54) is 7.11 Å². The zero-order valence-electron chi connectivity index (χ0n) is 11.6. The Morgan fingerprint density at radius 2 is 2.15 bits per heavy atom. The van der Waals surface area contributed by atoms with Crippen molar-refractivity contribution >= 4 is 34.2 Å². The minimum Gasteiger partial charge on any atom is -0.465 e. The number of hydrogen-bond donors (Lipinski definition) is 3. The number of esters is 1. The van der Waals surface area contributed by atoms with Crippen LogP contribution >= 0.6 is 11.5 Å². The van der Waals surface area contributed by atoms with E-state index >= 15 is 0 Å². The highest BCUT2D eigenvalue weighted by Crippen LogP contribution is 2.27. The standard InChI is InChI=1S/C11H18N4O4S/c1-6(9(16)13-4-5-18-2)14-10-7(11(17)19-3)8(12)15-20-10/h6,14H,4-5H2,1-3H3,(H2,12,15)(H,13,16). The molecule has 1 aromatic rings. The number of anilines is 2. The summed E-state index contributed by atoms with van der Waals surface area (Å²) in [5.41, 5.74) is 5.76. The summed E-state index contributed by atoms with van der Waals surface area (Å²) in [5, 5.41) is 5.99. The van der Waals surface area contributed by atoms with Gasteiger partial charge in [-0.15, -0.1) is 0 Å². The molecule has 0 aliphatic carbocycles. The van der Waals surface area contributed by atoms with E-state index in [1.54, 1.807) is 14.0 Å². The molecule has 0 saturated heterocycles. The molecule has 0 spiro atoms. The molecule has 1 heterocycles. The highest BCUT2D eigenvalue weighted by molar-refractivity contribution is 7.11. The lowest BCUT2D eigenvalue weighted by Gasteiger charge is -2.14. The number of nitrogens with one attached hydrogen (secondary N) is 2. The number of aromatic nitrogens is 1. The van der Waals surface area contributed by atoms with E-state index in [9.17, 15) is 9.59 Å². The van der Waals surface area contributed by atoms with Crippen molar-refractivity contribution in [1.82, 2.24) is 9.69 Å². The zero-order chi connectivity index (χ0) is 15.1. The second-order valence-electron chi connectivity index (χ2n) is 3.91. The van der Waals surface area contributed by atoms with E-state index in [1.807, 2.05) is 0 Å². The molecule has 0 aromatic carbocycles. The number of ether oxygens (including phenoxy) is 2. The van der Waals surface area contributed by atoms with Crippen LogP contribution in [0, 0.1) is 0 Å². The number of nitrogen functional groups attached to an aromatic ring is 1. The van der Waals surface area contributed by atoms with Crippen molar-refractivity contribution in [2.75, 3.05) is 38.4 Å². The van der Waals surface area contributed by atoms with E-state index < -0.39 is 12.0 Å². The fraction of sp³-hybridized carbons (Fsp3) is 0.545. The fourth-order valence-electron chi connectivity index (χ4n) is 1.39. The minimum absolute atomic E-state index is 0.0799. The average Bonchev–Trinajstić information content (AvgIpc) is 2.79. The van der Waals surface area contributed by atoms with Gasteiger partial charge in [0.1, 0.15) is 16.6 Å². The first-order valence-electron chi connectivity index (χ1n) is 5.87. The monoisotopic (exact) mass is 302 g/mol. The normalized spacial score (nSPS) is 11.8. The predicted octanol–water partition coefficient (Wildman–Crippen LogP) is 0.0749. The maximum absolute atomic E-state index is 11.8. The van der Waals surface area contributed by atoms with Gasteiger partial charge in [-0.25, -0.2) is 4.79 Å². The average molecular weight is 302 g/mol. The molecule has 0 radical (unpaired) electrons. The summed E-state index contributed by atoms with van der Waals surface area (Å²) in [5.74, 6) is -0.730. The van der Waals surface area contributed by atoms with Gasteiger partial charge in [0.05, 0.1) is 13.7 Å². The first-order chi connectivity index (χ1) is 9.51. The van der Waals surface area contributed by atoms with Crippen LogP contribution in [-0.2, 0) is 14.3 Å². The number of hydrogen-bond acceptors (Lipinski definition) is 8. The van der Waals surface area contributed by atoms with Gasteiger partial charge in [-0.2, -0.15) is 4.37 Å². The molecule has 1 amide bonds. The number of amides is 1. The topological polar surface area (TPSA) is 116 Å². The number of nitrogens with two attached hydrogens (primary N) is 1. The second-order valence-corrected chi connectivity index (χ2v) is 4.69. The molecule has 0 fully saturated rings. The summed E-state index contributed by atoms with van der Waals surface area (Å²) in [6, 6.07) is -0.546. The largest absolute Gasteiger partial charge is 0.465 e. The number of carbonyl (C=O) groups excluding carboxylic acids is 2. The number of rotatable bonds is 7. The predicted molar refractivity (Wildman–Crippen MR) is 75.8 cm³/mol. The maximum atomic E-state index is 11.8. The first-order valence-corrected chi connectivity index (χ1v) is 6.65. The van der Waals surface area contributed by atoms with E-state index in [0.29, 0.717) is 18.2 Å². The van der Waals surface area contributed by atoms with Crippen molar-refractivity contribution in [2.24, 2.45) is 0 Å². The molecule has 1 aromatic heterocycles. The van der Waals surface area contributed by atoms with E-state index in [2.05, 4.69) is 19.7 Å². The molecule has 1 rings (SSSR count). The van der Waals surface area contributed by atoms with Gasteiger partial charge in [0.2, 0.25) is 5.91 Å². The van der Waals surface area contributed by atoms with Gasteiger partial charge in [-0.1, -0.05) is 0 Å². The van der Waals surface area contributed by atoms with Crippen molar-refractivity contribution in [1.29, 1.82) is 0 Å². The lowest BCUT2D eigenvalue weighted by Crippen LogP contribution is -2.39. The Morgan fingerprint density at radius 1 is 1.45 bits per heavy atom. The third-order valence-corrected chi connectivity index (χ3v) is 3.25. The van der Waals surface area contributed by atoms with Crippen LogP contribution < -0.4 is 16.4 Å². The van der Waals surface area contributed by atoms with Gasteiger partial charge in [-0.3, -0.25) is 4.79 Å². The minimum atomic E-state index is -0.592. The van der Waals surface area contributed by atoms with Crippen molar-refractivity contribution in [3.05, 3.63) is 5.56 Å². The van der Waals surface area contributed by atoms with Gasteiger partial charge in [0.25, 0.3) is 0 Å². The van der Waals surface area contributed by atoms with Crippen LogP contribution in [0.15, 0.2) is 0 Å². The van der Waals surface area contributed by atoms with Crippen LogP contribution in [0.5, 0.6) is 0 Å². The van der Waals surface area contributed by atoms with E-state index in [-0.39, 0.29) is 17.3 Å². The van der Waals surface area contributed by atoms with Gasteiger partial charge >= 0.3 is 5.97 Å². The third-order valence-electron chi connectivity index (χ3n) is 2.45. The molecule has 1 atom stereocenters. The lowest BCUT2D eigenvalue weighted by molar-refractivity contribution is -0.121. The Balaban J connectivity index is 2.68. The first kappa shape index (κ1) is 16.2. The molecule has 1 unspecified atom stereocenters. The van der Waals surface area contributed by atoms with Gasteiger partial charge < -0.3 is 25.8 Å². The Labute approximate surface area is 120 Å². The van der Waals surface area contributed by atoms with Gasteiger partial charge in [0, 0.05) is 13.7 Å². The summed E-state index contributed by atoms with van der Waals surface area (Å²) in [4.78, 5) is 23.4. The summed E-state index contributed by atoms with van der Waals surface area (Å²) in [7, 11) is 2.81. The Hall–Kier alpha value is -1.87. The quantitative estimate of drug-likeness (QED) is 0.482. The highest BCUT2D eigenvalue weighted by Gasteiger charge is 2.22. The molecule has 112 valence electrons. The van der Waals surface area contributed by atoms with Crippen molar-refractivity contribution < 1.29 is 19.1 Å². The van der Waals surface area contributed by atoms with Crippen LogP contribution in [0.1, 0.15) is 17.3 Å². The van der Waals surface area contributed by atoms with Crippen LogP contribution in [0.25, 0.3) is 0 Å². The van der Waals surface area contributed by atoms with Crippen molar-refractivity contribution in [3.63, 3.8) is 0 Å². The summed E-state index contributed by atoms with van der Waals surface area (Å²) in [6.45, 7) is 2.51. The molecule has 4 N–H and O–H groups in total. The fourth-order valence-corrected chi connectivity index (χ4v) is 2.18. The zero-order valence-corrected chi connectivity index (χ0v) is 12.4. The Kier molecular flexibility index (Phi) is 6.19. The molecule has 0 saturated carbocycles. The van der Waals surface area contributed by atoms with Gasteiger partial charge in [0.15, 0.2) is 5.82 Å². The summed E-state index contributed by atoms with van der Waals surface area (Å²) < 4.78 is 13.3. The second kappa shape index (κ2) is 7.65. The number of nitrogens with zero attached hydrogens (tertiary/aromatic N) is 1. The number of carbonyl (C=O) groups is 2. The molecule has 9 heteroatoms. The summed E-state index contributed by atoms with van der Waals surface area (Å²) >= 11 is 1.00. The van der Waals surface area contributed by atoms with Crippen LogP contribution in [-0.4, -0.2) is 49.7 Å². The van der Waals surface area contributed by atoms with E-state index in [4.69, 9.17) is 10.5 Å². The number of methoxy groups -OCH3 is 2. The Morgan fingerprint density at radius 3 is 2.75 bits per heavy atom. The SMILES string of the molecule is COCCNC(=O)C(C)Nc1snc(N)c1C(=O)OC. The van der Waals surface area contributed by atoms with Gasteiger partial charge in [-0.05, 0) is 18.5 Å². The van der Waals surface area contributed by atoms with Crippen LogP contribution in [0.2, 0.25) is 0 Å². The van der Waals surface area contributed by atoms with E-state index in [0.717, 1.165) is 11.5 Å². The summed E-state index contributed by atoms with van der Waals surface area (Å²) in [6.07, 6.45) is 0. The van der Waals surface area contributed by atoms with Crippen LogP contribution in [0.3, 0.4) is 0 Å². The molecule has 0 aliphatic heterocycles. The molecule has 0 aliphatic rings. The molecular formula is C11H18N4O4S. The van der Waals surface area contributed by atoms with Crippen molar-refractivity contribution in [2.45, 2.75) is 13.0 Å². The van der Waals surface area contributed by atoms with Crippen molar-refractivity contribution in [3.8, 4) is 0 Å². The molecule has 8 nitrogen and oxygen atoms in total. The Bertz CT molecular complexity index is 477. The molecule has 0 bridgehead atoms. The van der Waals surface area contributed by atoms with Crippen LogP contribution in [0.4, 0.5) is 10.8 Å². The maximum Gasteiger partial charge on any atom is 0.344 e. The smallest absolute Gasteiger partial charge is 0.344 e. The molecular weight excluding hydrogens is 284 g/mol. The molecule has 20 heavy (non-hydrogen) atoms. The highest BCUT2D eigenvalue weighted by atomic mass is 32.1. The third kappa shape index (κ3) is 4.07.